The molecule has 1 aromatic rings. The normalized spacial score (nSPS) is 51.5. The van der Waals surface area contributed by atoms with E-state index in [-0.39, 0.29) is 23.7 Å². The van der Waals surface area contributed by atoms with E-state index in [1.807, 2.05) is 0 Å². The van der Waals surface area contributed by atoms with Crippen molar-refractivity contribution in [3.63, 3.8) is 0 Å². The topological polar surface area (TPSA) is 34.9 Å². The number of fused-ring (bicyclic) bond motifs is 7. The van der Waals surface area contributed by atoms with Crippen LogP contribution >= 0.6 is 0 Å². The van der Waals surface area contributed by atoms with Crippen molar-refractivity contribution in [3.8, 4) is 0 Å². The van der Waals surface area contributed by atoms with Crippen LogP contribution in [0.15, 0.2) is 12.4 Å². The first-order chi connectivity index (χ1) is 14.4. The Kier molecular flexibility index (Phi) is 4.32. The van der Waals surface area contributed by atoms with Crippen LogP contribution in [0.2, 0.25) is 0 Å². The van der Waals surface area contributed by atoms with E-state index in [9.17, 15) is 9.18 Å². The zero-order chi connectivity index (χ0) is 20.8. The van der Waals surface area contributed by atoms with Crippen LogP contribution in [-0.4, -0.2) is 15.6 Å². The first-order valence-electron chi connectivity index (χ1n) is 12.6. The fourth-order valence-corrected chi connectivity index (χ4v) is 9.77. The minimum atomic E-state index is -0.352. The summed E-state index contributed by atoms with van der Waals surface area (Å²) in [5, 5.41) is 4.05. The average molecular weight is 413 g/mol. The Labute approximate surface area is 180 Å². The molecular formula is C26H37FN2O. The number of hydrogen-bond donors (Lipinski definition) is 0. The van der Waals surface area contributed by atoms with Gasteiger partial charge in [-0.15, -0.1) is 0 Å². The van der Waals surface area contributed by atoms with Crippen LogP contribution in [0.3, 0.4) is 0 Å². The third kappa shape index (κ3) is 2.67. The third-order valence-electron chi connectivity index (χ3n) is 10.8. The van der Waals surface area contributed by atoms with Crippen molar-refractivity contribution >= 4 is 5.78 Å². The minimum Gasteiger partial charge on any atom is -0.297 e. The van der Waals surface area contributed by atoms with Crippen molar-refractivity contribution in [3.05, 3.63) is 18.2 Å². The Hall–Kier alpha value is -1.19. The lowest BCUT2D eigenvalue weighted by Gasteiger charge is -2.57. The maximum absolute atomic E-state index is 13.5. The fraction of sp³-hybridized carbons (Fsp3) is 0.846. The molecule has 5 fully saturated rings. The number of nitrogens with zero attached hydrogens (tertiary/aromatic N) is 2. The lowest BCUT2D eigenvalue weighted by Crippen LogP contribution is -2.51. The molecule has 0 saturated heterocycles. The second-order valence-corrected chi connectivity index (χ2v) is 12.1. The number of aromatic nitrogens is 2. The second kappa shape index (κ2) is 6.65. The van der Waals surface area contributed by atoms with Gasteiger partial charge in [0.05, 0.1) is 18.9 Å². The number of hydrogen-bond acceptors (Lipinski definition) is 2. The lowest BCUT2D eigenvalue weighted by atomic mass is 9.47. The van der Waals surface area contributed by atoms with Gasteiger partial charge in [0.25, 0.3) is 0 Å². The molecule has 1 unspecified atom stereocenters. The molecule has 3 nitrogen and oxygen atoms in total. The van der Waals surface area contributed by atoms with Crippen LogP contribution in [-0.2, 0) is 11.3 Å². The summed E-state index contributed by atoms with van der Waals surface area (Å²) in [6.45, 7) is 7.53. The molecule has 4 heteroatoms. The molecule has 5 aliphatic rings. The highest BCUT2D eigenvalue weighted by Crippen LogP contribution is 2.76. The molecule has 0 aromatic carbocycles. The fourth-order valence-electron chi connectivity index (χ4n) is 9.77. The second-order valence-electron chi connectivity index (χ2n) is 12.1. The van der Waals surface area contributed by atoms with E-state index in [1.54, 1.807) is 0 Å². The quantitative estimate of drug-likeness (QED) is 0.648. The molecule has 11 atom stereocenters. The largest absolute Gasteiger partial charge is 0.297 e. The van der Waals surface area contributed by atoms with Crippen molar-refractivity contribution in [2.45, 2.75) is 72.3 Å². The molecule has 0 N–H and O–H groups in total. The predicted octanol–water partition coefficient (Wildman–Crippen LogP) is 5.60. The smallest absolute Gasteiger partial charge is 0.161 e. The summed E-state index contributed by atoms with van der Waals surface area (Å²) in [7, 11) is 0. The van der Waals surface area contributed by atoms with Gasteiger partial charge in [-0.25, -0.2) is 4.39 Å². The molecule has 5 aliphatic carbocycles. The van der Waals surface area contributed by atoms with E-state index < -0.39 is 0 Å². The van der Waals surface area contributed by atoms with Crippen LogP contribution in [0.4, 0.5) is 4.39 Å². The first-order valence-corrected chi connectivity index (χ1v) is 12.6. The highest BCUT2D eigenvalue weighted by Gasteiger charge is 2.73. The maximum atomic E-state index is 13.5. The van der Waals surface area contributed by atoms with E-state index in [2.05, 4.69) is 25.9 Å². The SMILES string of the molecule is C[C@H]1CC[C@H]2[C@H](CC[C@H]3C4[C@@H]5[C@H](C)[C@@H]5[C@H](C(=O)Cn5cc(F)cn5)[C@@]4(C)CC[C@H]23)C1. The molecule has 5 saturated carbocycles. The van der Waals surface area contributed by atoms with Gasteiger partial charge in [0.2, 0.25) is 0 Å². The number of ketones is 1. The third-order valence-corrected chi connectivity index (χ3v) is 10.8. The van der Waals surface area contributed by atoms with Crippen LogP contribution in [0.5, 0.6) is 0 Å². The van der Waals surface area contributed by atoms with Gasteiger partial charge in [-0.05, 0) is 97.2 Å². The van der Waals surface area contributed by atoms with Gasteiger partial charge >= 0.3 is 0 Å². The van der Waals surface area contributed by atoms with Gasteiger partial charge in [-0.1, -0.05) is 27.2 Å². The monoisotopic (exact) mass is 412 g/mol. The van der Waals surface area contributed by atoms with Gasteiger partial charge in [0.1, 0.15) is 0 Å². The summed E-state index contributed by atoms with van der Waals surface area (Å²) < 4.78 is 14.9. The minimum absolute atomic E-state index is 0.153. The molecule has 0 aliphatic heterocycles. The number of carbonyl (C=O) groups is 1. The molecule has 1 aromatic heterocycles. The summed E-state index contributed by atoms with van der Waals surface area (Å²) in [6.07, 6.45) is 12.3. The van der Waals surface area contributed by atoms with Crippen molar-refractivity contribution in [1.82, 2.24) is 9.78 Å². The predicted molar refractivity (Wildman–Crippen MR) is 114 cm³/mol. The zero-order valence-electron chi connectivity index (χ0n) is 18.8. The van der Waals surface area contributed by atoms with E-state index >= 15 is 0 Å². The zero-order valence-corrected chi connectivity index (χ0v) is 18.8. The van der Waals surface area contributed by atoms with E-state index in [4.69, 9.17) is 0 Å². The Morgan fingerprint density at radius 2 is 1.93 bits per heavy atom. The Morgan fingerprint density at radius 1 is 1.13 bits per heavy atom. The number of carbonyl (C=O) groups excluding carboxylic acids is 1. The molecule has 30 heavy (non-hydrogen) atoms. The average Bonchev–Trinajstić information content (AvgIpc) is 3.04. The highest BCUT2D eigenvalue weighted by molar-refractivity contribution is 5.83. The maximum Gasteiger partial charge on any atom is 0.161 e. The van der Waals surface area contributed by atoms with Crippen molar-refractivity contribution in [2.24, 2.45) is 64.6 Å². The van der Waals surface area contributed by atoms with Crippen LogP contribution in [0, 0.1) is 70.4 Å². The summed E-state index contributed by atoms with van der Waals surface area (Å²) in [5.74, 6) is 7.46. The summed E-state index contributed by atoms with van der Waals surface area (Å²) in [5.41, 5.74) is 0.153. The molecule has 1 heterocycles. The first kappa shape index (κ1) is 19.5. The van der Waals surface area contributed by atoms with E-state index in [0.717, 1.165) is 41.4 Å². The van der Waals surface area contributed by atoms with Crippen LogP contribution in [0.25, 0.3) is 0 Å². The number of rotatable bonds is 3. The molecular weight excluding hydrogens is 375 g/mol. The summed E-state index contributed by atoms with van der Waals surface area (Å²) in [4.78, 5) is 13.5. The van der Waals surface area contributed by atoms with Gasteiger partial charge in [-0.2, -0.15) is 5.10 Å². The Balaban J connectivity index is 1.27. The van der Waals surface area contributed by atoms with Gasteiger partial charge < -0.3 is 0 Å². The molecule has 0 radical (unpaired) electrons. The molecule has 6 rings (SSSR count). The van der Waals surface area contributed by atoms with Crippen molar-refractivity contribution in [1.29, 1.82) is 0 Å². The molecule has 0 bridgehead atoms. The number of Topliss-reactive ketones (excluding diaryl/α,β-unsaturated/α-hetero) is 1. The van der Waals surface area contributed by atoms with Crippen molar-refractivity contribution < 1.29 is 9.18 Å². The van der Waals surface area contributed by atoms with E-state index in [0.29, 0.717) is 17.6 Å². The standard InChI is InChI=1S/C26H37FN2O/c1-14-4-6-18-16(10-14)5-7-20-19(18)8-9-26(3)24(20)22-15(2)23(22)25(26)21(30)13-29-12-17(27)11-28-29/h11-12,14-16,18-20,22-25H,4-10,13H2,1-3H3/t14-,15-,16+,18-,19+,20+,22+,23-,24?,25-,26-/m0/s1. The van der Waals surface area contributed by atoms with Gasteiger partial charge in [0.15, 0.2) is 11.6 Å². The Morgan fingerprint density at radius 3 is 2.70 bits per heavy atom. The van der Waals surface area contributed by atoms with Crippen LogP contribution in [0.1, 0.15) is 65.7 Å². The van der Waals surface area contributed by atoms with Gasteiger partial charge in [-0.3, -0.25) is 9.48 Å². The highest BCUT2D eigenvalue weighted by atomic mass is 19.1. The lowest BCUT2D eigenvalue weighted by molar-refractivity contribution is -0.135. The number of halogens is 1. The summed E-state index contributed by atoms with van der Waals surface area (Å²) in [6, 6.07) is 0. The Bertz CT molecular complexity index is 850. The molecule has 0 spiro atoms. The van der Waals surface area contributed by atoms with Crippen molar-refractivity contribution in [2.75, 3.05) is 0 Å². The van der Waals surface area contributed by atoms with E-state index in [1.165, 1.54) is 62.0 Å². The van der Waals surface area contributed by atoms with Gasteiger partial charge in [0, 0.05) is 5.92 Å². The molecule has 164 valence electrons. The van der Waals surface area contributed by atoms with Crippen LogP contribution < -0.4 is 0 Å². The molecule has 0 amide bonds. The summed E-state index contributed by atoms with van der Waals surface area (Å²) >= 11 is 0.